The van der Waals surface area contributed by atoms with E-state index in [2.05, 4.69) is 10.6 Å². The molecule has 0 spiro atoms. The number of ether oxygens (including phenoxy) is 1. The molecule has 0 aromatic carbocycles. The summed E-state index contributed by atoms with van der Waals surface area (Å²) in [6.07, 6.45) is 0.747. The second-order valence-electron chi connectivity index (χ2n) is 5.57. The summed E-state index contributed by atoms with van der Waals surface area (Å²) in [5.74, 6) is -0.905. The minimum atomic E-state index is -0.831. The molecule has 118 valence electrons. The van der Waals surface area contributed by atoms with Crippen LogP contribution in [0.3, 0.4) is 0 Å². The number of methoxy groups -OCH3 is 1. The number of carboxylic acid groups (broad SMARTS) is 1. The van der Waals surface area contributed by atoms with E-state index in [1.165, 1.54) is 7.11 Å². The average Bonchev–Trinajstić information content (AvgIpc) is 2.35. The van der Waals surface area contributed by atoms with Crippen LogP contribution in [0.2, 0.25) is 0 Å². The number of aliphatic carboxylic acids is 1. The van der Waals surface area contributed by atoms with Crippen molar-refractivity contribution in [1.82, 2.24) is 10.6 Å². The van der Waals surface area contributed by atoms with Crippen molar-refractivity contribution in [2.24, 2.45) is 11.8 Å². The monoisotopic (exact) mass is 288 g/mol. The Balaban J connectivity index is 4.00. The molecule has 0 unspecified atom stereocenters. The first kappa shape index (κ1) is 18.9. The summed E-state index contributed by atoms with van der Waals surface area (Å²) in [6.45, 7) is 8.87. The predicted molar refractivity (Wildman–Crippen MR) is 77.5 cm³/mol. The molecule has 6 nitrogen and oxygen atoms in total. The lowest BCUT2D eigenvalue weighted by atomic mass is 10.0. The van der Waals surface area contributed by atoms with Crippen LogP contribution in [0, 0.1) is 11.8 Å². The predicted octanol–water partition coefficient (Wildman–Crippen LogP) is 0.862. The zero-order chi connectivity index (χ0) is 15.7. The van der Waals surface area contributed by atoms with Gasteiger partial charge in [-0.15, -0.1) is 0 Å². The minimum Gasteiger partial charge on any atom is -0.480 e. The van der Waals surface area contributed by atoms with E-state index in [4.69, 9.17) is 9.84 Å². The topological polar surface area (TPSA) is 87.7 Å². The van der Waals surface area contributed by atoms with Crippen LogP contribution < -0.4 is 10.6 Å². The molecule has 0 saturated carbocycles. The molecule has 0 fully saturated rings. The van der Waals surface area contributed by atoms with Crippen LogP contribution in [0.15, 0.2) is 0 Å². The van der Waals surface area contributed by atoms with Crippen molar-refractivity contribution in [3.05, 3.63) is 0 Å². The molecular formula is C14H28N2O4. The quantitative estimate of drug-likeness (QED) is 0.408. The van der Waals surface area contributed by atoms with E-state index in [0.29, 0.717) is 13.1 Å². The van der Waals surface area contributed by atoms with Gasteiger partial charge in [0.1, 0.15) is 12.1 Å². The Morgan fingerprint density at radius 3 is 1.80 bits per heavy atom. The highest BCUT2D eigenvalue weighted by molar-refractivity contribution is 5.75. The van der Waals surface area contributed by atoms with Crippen LogP contribution in [0.25, 0.3) is 0 Å². The summed E-state index contributed by atoms with van der Waals surface area (Å²) < 4.78 is 4.74. The van der Waals surface area contributed by atoms with E-state index in [-0.39, 0.29) is 23.8 Å². The third kappa shape index (κ3) is 6.86. The molecule has 0 aliphatic heterocycles. The van der Waals surface area contributed by atoms with E-state index in [1.54, 1.807) is 0 Å². The molecule has 0 radical (unpaired) electrons. The van der Waals surface area contributed by atoms with Crippen LogP contribution in [0.1, 0.15) is 34.1 Å². The Morgan fingerprint density at radius 2 is 1.45 bits per heavy atom. The molecule has 0 saturated heterocycles. The van der Waals surface area contributed by atoms with E-state index >= 15 is 0 Å². The molecule has 0 aromatic heterocycles. The van der Waals surface area contributed by atoms with Crippen molar-refractivity contribution >= 4 is 11.9 Å². The second kappa shape index (κ2) is 9.72. The molecular weight excluding hydrogens is 260 g/mol. The molecule has 0 aromatic rings. The van der Waals surface area contributed by atoms with Crippen molar-refractivity contribution in [1.29, 1.82) is 0 Å². The largest absolute Gasteiger partial charge is 0.480 e. The van der Waals surface area contributed by atoms with Crippen molar-refractivity contribution in [3.63, 3.8) is 0 Å². The number of hydrogen-bond donors (Lipinski definition) is 3. The van der Waals surface area contributed by atoms with Crippen LogP contribution in [-0.2, 0) is 14.3 Å². The van der Waals surface area contributed by atoms with Gasteiger partial charge in [0.15, 0.2) is 0 Å². The van der Waals surface area contributed by atoms with Crippen molar-refractivity contribution < 1.29 is 19.4 Å². The number of carbonyl (C=O) groups excluding carboxylic acids is 1. The van der Waals surface area contributed by atoms with Gasteiger partial charge in [-0.1, -0.05) is 27.7 Å². The molecule has 0 aliphatic carbocycles. The first-order chi connectivity index (χ1) is 9.31. The third-order valence-electron chi connectivity index (χ3n) is 3.14. The summed E-state index contributed by atoms with van der Waals surface area (Å²) in [6, 6.07) is -0.850. The van der Waals surface area contributed by atoms with Gasteiger partial charge in [-0.05, 0) is 31.3 Å². The maximum Gasteiger partial charge on any atom is 0.323 e. The molecule has 3 N–H and O–H groups in total. The maximum absolute atomic E-state index is 11.5. The summed E-state index contributed by atoms with van der Waals surface area (Å²) in [5.41, 5.74) is 0. The second-order valence-corrected chi connectivity index (χ2v) is 5.57. The Bertz CT molecular complexity index is 306. The third-order valence-corrected chi connectivity index (χ3v) is 3.14. The van der Waals surface area contributed by atoms with Gasteiger partial charge in [0, 0.05) is 0 Å². The highest BCUT2D eigenvalue weighted by atomic mass is 16.5. The Hall–Kier alpha value is -1.14. The van der Waals surface area contributed by atoms with E-state index in [0.717, 1.165) is 6.42 Å². The number of rotatable bonds is 10. The van der Waals surface area contributed by atoms with Crippen LogP contribution >= 0.6 is 0 Å². The van der Waals surface area contributed by atoms with E-state index in [1.807, 2.05) is 27.7 Å². The molecule has 0 aliphatic rings. The molecule has 6 heteroatoms. The van der Waals surface area contributed by atoms with Gasteiger partial charge < -0.3 is 20.5 Å². The van der Waals surface area contributed by atoms with Crippen LogP contribution in [0.5, 0.6) is 0 Å². The highest BCUT2D eigenvalue weighted by Crippen LogP contribution is 2.04. The van der Waals surface area contributed by atoms with Crippen LogP contribution in [0.4, 0.5) is 0 Å². The number of esters is 1. The van der Waals surface area contributed by atoms with Gasteiger partial charge >= 0.3 is 11.9 Å². The lowest BCUT2D eigenvalue weighted by Crippen LogP contribution is -2.44. The van der Waals surface area contributed by atoms with Crippen molar-refractivity contribution in [2.75, 3.05) is 20.2 Å². The van der Waals surface area contributed by atoms with E-state index in [9.17, 15) is 9.59 Å². The fourth-order valence-corrected chi connectivity index (χ4v) is 1.93. The van der Waals surface area contributed by atoms with Crippen molar-refractivity contribution in [3.8, 4) is 0 Å². The Kier molecular flexibility index (Phi) is 9.16. The van der Waals surface area contributed by atoms with Gasteiger partial charge in [-0.3, -0.25) is 9.59 Å². The lowest BCUT2D eigenvalue weighted by Gasteiger charge is -2.21. The fourth-order valence-electron chi connectivity index (χ4n) is 1.93. The number of nitrogens with one attached hydrogen (secondary N) is 2. The average molecular weight is 288 g/mol. The van der Waals surface area contributed by atoms with Crippen molar-refractivity contribution in [2.45, 2.75) is 46.2 Å². The summed E-state index contributed by atoms with van der Waals surface area (Å²) in [5, 5.41) is 15.2. The summed E-state index contributed by atoms with van der Waals surface area (Å²) in [4.78, 5) is 22.5. The van der Waals surface area contributed by atoms with Gasteiger partial charge in [0.25, 0.3) is 0 Å². The molecule has 0 bridgehead atoms. The van der Waals surface area contributed by atoms with Gasteiger partial charge in [0.2, 0.25) is 0 Å². The van der Waals surface area contributed by atoms with E-state index < -0.39 is 12.0 Å². The normalized spacial score (nSPS) is 14.3. The smallest absolute Gasteiger partial charge is 0.323 e. The summed E-state index contributed by atoms with van der Waals surface area (Å²) >= 11 is 0. The summed E-state index contributed by atoms with van der Waals surface area (Å²) in [7, 11) is 1.38. The first-order valence-corrected chi connectivity index (χ1v) is 7.08. The lowest BCUT2D eigenvalue weighted by molar-refractivity contribution is -0.144. The Labute approximate surface area is 121 Å². The molecule has 20 heavy (non-hydrogen) atoms. The molecule has 0 amide bonds. The first-order valence-electron chi connectivity index (χ1n) is 7.08. The zero-order valence-corrected chi connectivity index (χ0v) is 13.1. The molecule has 0 heterocycles. The standard InChI is InChI=1S/C14H28N2O4/c1-9(2)11(13(17)18)15-7-6-8-16-12(10(3)4)14(19)20-5/h9-12,15-16H,6-8H2,1-5H3,(H,17,18)/t11-,12-/m0/s1. The molecule has 2 atom stereocenters. The maximum atomic E-state index is 11.5. The SMILES string of the molecule is COC(=O)[C@@H](NCCCN[C@H](C(=O)O)C(C)C)C(C)C. The van der Waals surface area contributed by atoms with Gasteiger partial charge in [-0.2, -0.15) is 0 Å². The Morgan fingerprint density at radius 1 is 1.00 bits per heavy atom. The number of carbonyl (C=O) groups is 2. The van der Waals surface area contributed by atoms with Gasteiger partial charge in [0.05, 0.1) is 7.11 Å². The fraction of sp³-hybridized carbons (Fsp3) is 0.857. The van der Waals surface area contributed by atoms with Crippen LogP contribution in [-0.4, -0.2) is 49.3 Å². The number of hydrogen-bond acceptors (Lipinski definition) is 5. The molecule has 0 rings (SSSR count). The highest BCUT2D eigenvalue weighted by Gasteiger charge is 2.22. The minimum absolute atomic E-state index is 0.0407. The number of carboxylic acids is 1. The zero-order valence-electron chi connectivity index (χ0n) is 13.1. The van der Waals surface area contributed by atoms with Gasteiger partial charge in [-0.25, -0.2) is 0 Å².